The first-order valence-corrected chi connectivity index (χ1v) is 5.05. The lowest BCUT2D eigenvalue weighted by atomic mass is 10.2. The summed E-state index contributed by atoms with van der Waals surface area (Å²) in [4.78, 5) is 25.9. The van der Waals surface area contributed by atoms with E-state index in [1.54, 1.807) is 18.2 Å². The van der Waals surface area contributed by atoms with Gasteiger partial charge in [0, 0.05) is 0 Å². The van der Waals surface area contributed by atoms with E-state index in [1.165, 1.54) is 0 Å². The highest BCUT2D eigenvalue weighted by molar-refractivity contribution is 6.34. The molecule has 0 aliphatic heterocycles. The number of rotatable bonds is 2. The second-order valence-electron chi connectivity index (χ2n) is 3.27. The molecule has 0 unspecified atom stereocenters. The highest BCUT2D eigenvalue weighted by Gasteiger charge is 2.08. The van der Waals surface area contributed by atoms with Crippen LogP contribution in [0.4, 0.5) is 0 Å². The van der Waals surface area contributed by atoms with Gasteiger partial charge in [-0.15, -0.1) is 0 Å². The van der Waals surface area contributed by atoms with Crippen molar-refractivity contribution >= 4 is 22.5 Å². The van der Waals surface area contributed by atoms with E-state index in [9.17, 15) is 9.59 Å². The predicted octanol–water partition coefficient (Wildman–Crippen LogP) is 0.335. The molecule has 16 heavy (non-hydrogen) atoms. The summed E-state index contributed by atoms with van der Waals surface area (Å²) in [6.45, 7) is -0.300. The molecule has 0 amide bonds. The van der Waals surface area contributed by atoms with Crippen molar-refractivity contribution in [2.75, 3.05) is 6.61 Å². The minimum absolute atomic E-state index is 0.0311. The van der Waals surface area contributed by atoms with Crippen LogP contribution >= 0.6 is 11.6 Å². The van der Waals surface area contributed by atoms with Gasteiger partial charge in [0.25, 0.3) is 5.56 Å². The summed E-state index contributed by atoms with van der Waals surface area (Å²) < 4.78 is 0.943. The Bertz CT molecular complexity index is 645. The van der Waals surface area contributed by atoms with Crippen molar-refractivity contribution in [3.63, 3.8) is 0 Å². The summed E-state index contributed by atoms with van der Waals surface area (Å²) in [6.07, 6.45) is 0. The van der Waals surface area contributed by atoms with Crippen molar-refractivity contribution < 1.29 is 5.11 Å². The molecule has 84 valence electrons. The molecule has 0 aliphatic carbocycles. The number of aliphatic hydroxyl groups excluding tert-OH is 1. The summed E-state index contributed by atoms with van der Waals surface area (Å²) in [5.74, 6) is 0. The molecule has 0 aliphatic rings. The van der Waals surface area contributed by atoms with Crippen LogP contribution < -0.4 is 11.2 Å². The van der Waals surface area contributed by atoms with Crippen LogP contribution in [0.25, 0.3) is 10.9 Å². The SMILES string of the molecule is O=c1[nH]c2c(Cl)cccc2c(=O)n1CCO. The lowest BCUT2D eigenvalue weighted by molar-refractivity contribution is 0.272. The zero-order valence-electron chi connectivity index (χ0n) is 8.24. The summed E-state index contributed by atoms with van der Waals surface area (Å²) >= 11 is 5.86. The first-order chi connectivity index (χ1) is 7.65. The van der Waals surface area contributed by atoms with Crippen LogP contribution in [0.1, 0.15) is 0 Å². The Morgan fingerprint density at radius 1 is 1.38 bits per heavy atom. The van der Waals surface area contributed by atoms with E-state index in [0.717, 1.165) is 4.57 Å². The van der Waals surface area contributed by atoms with Crippen molar-refractivity contribution in [1.29, 1.82) is 0 Å². The Labute approximate surface area is 94.9 Å². The quantitative estimate of drug-likeness (QED) is 0.795. The minimum Gasteiger partial charge on any atom is -0.395 e. The number of aromatic amines is 1. The number of halogens is 1. The Morgan fingerprint density at radius 3 is 2.81 bits per heavy atom. The smallest absolute Gasteiger partial charge is 0.328 e. The van der Waals surface area contributed by atoms with Crippen molar-refractivity contribution in [2.45, 2.75) is 6.54 Å². The average molecular weight is 241 g/mol. The van der Waals surface area contributed by atoms with E-state index < -0.39 is 11.2 Å². The Hall–Kier alpha value is -1.59. The van der Waals surface area contributed by atoms with Crippen LogP contribution in [0, 0.1) is 0 Å². The van der Waals surface area contributed by atoms with Gasteiger partial charge in [-0.05, 0) is 12.1 Å². The highest BCUT2D eigenvalue weighted by atomic mass is 35.5. The zero-order chi connectivity index (χ0) is 11.7. The highest BCUT2D eigenvalue weighted by Crippen LogP contribution is 2.16. The molecule has 2 aromatic rings. The van der Waals surface area contributed by atoms with E-state index in [4.69, 9.17) is 16.7 Å². The number of H-pyrrole nitrogens is 1. The van der Waals surface area contributed by atoms with E-state index >= 15 is 0 Å². The van der Waals surface area contributed by atoms with E-state index in [-0.39, 0.29) is 13.2 Å². The van der Waals surface area contributed by atoms with Crippen LogP contribution in [0.2, 0.25) is 5.02 Å². The van der Waals surface area contributed by atoms with Gasteiger partial charge < -0.3 is 10.1 Å². The van der Waals surface area contributed by atoms with Crippen LogP contribution in [-0.4, -0.2) is 21.3 Å². The van der Waals surface area contributed by atoms with Gasteiger partial charge in [0.15, 0.2) is 0 Å². The number of aromatic nitrogens is 2. The number of hydrogen-bond acceptors (Lipinski definition) is 3. The minimum atomic E-state index is -0.570. The second kappa shape index (κ2) is 4.11. The maximum Gasteiger partial charge on any atom is 0.328 e. The van der Waals surface area contributed by atoms with Crippen LogP contribution in [0.15, 0.2) is 27.8 Å². The molecule has 0 atom stereocenters. The van der Waals surface area contributed by atoms with Gasteiger partial charge in [-0.1, -0.05) is 17.7 Å². The van der Waals surface area contributed by atoms with Crippen molar-refractivity contribution in [1.82, 2.24) is 9.55 Å². The Morgan fingerprint density at radius 2 is 2.12 bits per heavy atom. The van der Waals surface area contributed by atoms with E-state index in [2.05, 4.69) is 4.98 Å². The molecule has 1 aromatic carbocycles. The average Bonchev–Trinajstić information content (AvgIpc) is 2.26. The lowest BCUT2D eigenvalue weighted by Gasteiger charge is -2.04. The number of nitrogens with zero attached hydrogens (tertiary/aromatic N) is 1. The monoisotopic (exact) mass is 240 g/mol. The third-order valence-corrected chi connectivity index (χ3v) is 2.60. The van der Waals surface area contributed by atoms with Crippen LogP contribution in [0.3, 0.4) is 0 Å². The molecule has 0 saturated heterocycles. The van der Waals surface area contributed by atoms with Gasteiger partial charge >= 0.3 is 5.69 Å². The number of nitrogens with one attached hydrogen (secondary N) is 1. The molecular weight excluding hydrogens is 232 g/mol. The fraction of sp³-hybridized carbons (Fsp3) is 0.200. The molecule has 5 nitrogen and oxygen atoms in total. The van der Waals surface area contributed by atoms with Gasteiger partial charge in [-0.3, -0.25) is 9.36 Å². The third-order valence-electron chi connectivity index (χ3n) is 2.29. The Kier molecular flexibility index (Phi) is 2.80. The van der Waals surface area contributed by atoms with E-state index in [0.29, 0.717) is 15.9 Å². The molecule has 0 bridgehead atoms. The van der Waals surface area contributed by atoms with Gasteiger partial charge in [-0.2, -0.15) is 0 Å². The van der Waals surface area contributed by atoms with Crippen molar-refractivity contribution in [3.05, 3.63) is 44.1 Å². The molecule has 0 saturated carbocycles. The fourth-order valence-electron chi connectivity index (χ4n) is 1.54. The Balaban J connectivity index is 2.90. The first kappa shape index (κ1) is 10.9. The van der Waals surface area contributed by atoms with E-state index in [1.807, 2.05) is 0 Å². The van der Waals surface area contributed by atoms with Crippen LogP contribution in [-0.2, 0) is 6.54 Å². The molecule has 0 spiro atoms. The standard InChI is InChI=1S/C10H9ClN2O3/c11-7-3-1-2-6-8(7)12-10(16)13(4-5-14)9(6)15/h1-3,14H,4-5H2,(H,12,16). The number of fused-ring (bicyclic) bond motifs is 1. The summed E-state index contributed by atoms with van der Waals surface area (Å²) in [7, 11) is 0. The third kappa shape index (κ3) is 1.64. The van der Waals surface area contributed by atoms with Crippen molar-refractivity contribution in [3.8, 4) is 0 Å². The first-order valence-electron chi connectivity index (χ1n) is 4.67. The van der Waals surface area contributed by atoms with Crippen molar-refractivity contribution in [2.24, 2.45) is 0 Å². The van der Waals surface area contributed by atoms with Gasteiger partial charge in [-0.25, -0.2) is 4.79 Å². The van der Waals surface area contributed by atoms with Gasteiger partial charge in [0.2, 0.25) is 0 Å². The number of aliphatic hydroxyl groups is 1. The summed E-state index contributed by atoms with van der Waals surface area (Å²) in [5.41, 5.74) is -0.691. The maximum absolute atomic E-state index is 11.9. The molecular formula is C10H9ClN2O3. The predicted molar refractivity (Wildman–Crippen MR) is 60.9 cm³/mol. The molecule has 1 heterocycles. The summed E-state index contributed by atoms with van der Waals surface area (Å²) in [5, 5.41) is 9.41. The van der Waals surface area contributed by atoms with Gasteiger partial charge in [0.05, 0.1) is 29.1 Å². The van der Waals surface area contributed by atoms with Gasteiger partial charge in [0.1, 0.15) is 0 Å². The second-order valence-corrected chi connectivity index (χ2v) is 3.68. The number of benzene rings is 1. The molecule has 6 heteroatoms. The molecule has 2 rings (SSSR count). The number of hydrogen-bond donors (Lipinski definition) is 2. The largest absolute Gasteiger partial charge is 0.395 e. The maximum atomic E-state index is 11.9. The zero-order valence-corrected chi connectivity index (χ0v) is 8.99. The molecule has 0 fully saturated rings. The molecule has 0 radical (unpaired) electrons. The topological polar surface area (TPSA) is 75.1 Å². The van der Waals surface area contributed by atoms with Crippen LogP contribution in [0.5, 0.6) is 0 Å². The molecule has 2 N–H and O–H groups in total. The molecule has 1 aromatic heterocycles. The summed E-state index contributed by atoms with van der Waals surface area (Å²) in [6, 6.07) is 4.80. The normalized spacial score (nSPS) is 10.9. The lowest BCUT2D eigenvalue weighted by Crippen LogP contribution is -2.36. The fourth-order valence-corrected chi connectivity index (χ4v) is 1.77. The number of para-hydroxylation sites is 1.